The highest BCUT2D eigenvalue weighted by Crippen LogP contribution is 2.25. The molecule has 4 heteroatoms. The number of nitrogens with zero attached hydrogens (tertiary/aromatic N) is 1. The molecule has 0 radical (unpaired) electrons. The standard InChI is InChI=1S/C12H15N3S/c1-8(2)14-12(15-13)10-7-16-11-6-4-3-5-9(10)11/h3-8H,13H2,1-2H3,(H,14,15). The molecule has 3 nitrogen and oxygen atoms in total. The molecular formula is C12H15N3S. The summed E-state index contributed by atoms with van der Waals surface area (Å²) in [6.07, 6.45) is 0. The molecule has 2 aromatic rings. The summed E-state index contributed by atoms with van der Waals surface area (Å²) in [5, 5.41) is 3.29. The van der Waals surface area contributed by atoms with Crippen molar-refractivity contribution in [2.45, 2.75) is 19.9 Å². The van der Waals surface area contributed by atoms with Crippen molar-refractivity contribution >= 4 is 27.3 Å². The zero-order chi connectivity index (χ0) is 11.5. The quantitative estimate of drug-likeness (QED) is 0.362. The molecule has 16 heavy (non-hydrogen) atoms. The fraction of sp³-hybridized carbons (Fsp3) is 0.250. The molecule has 0 bridgehead atoms. The molecule has 84 valence electrons. The van der Waals surface area contributed by atoms with Gasteiger partial charge in [0.2, 0.25) is 0 Å². The van der Waals surface area contributed by atoms with Gasteiger partial charge in [-0.2, -0.15) is 0 Å². The van der Waals surface area contributed by atoms with Gasteiger partial charge in [0.1, 0.15) is 5.84 Å². The van der Waals surface area contributed by atoms with Crippen LogP contribution >= 0.6 is 11.3 Å². The highest BCUT2D eigenvalue weighted by Gasteiger charge is 2.09. The van der Waals surface area contributed by atoms with E-state index >= 15 is 0 Å². The minimum absolute atomic E-state index is 0.227. The molecule has 3 N–H and O–H groups in total. The van der Waals surface area contributed by atoms with E-state index in [1.807, 2.05) is 26.0 Å². The van der Waals surface area contributed by atoms with Crippen LogP contribution in [0.15, 0.2) is 34.6 Å². The number of aliphatic imine (C=N–C) groups is 1. The molecule has 0 amide bonds. The number of hydrogen-bond donors (Lipinski definition) is 2. The zero-order valence-corrected chi connectivity index (χ0v) is 10.2. The van der Waals surface area contributed by atoms with Gasteiger partial charge in [-0.25, -0.2) is 5.84 Å². The van der Waals surface area contributed by atoms with E-state index in [-0.39, 0.29) is 6.04 Å². The highest BCUT2D eigenvalue weighted by molar-refractivity contribution is 7.17. The second kappa shape index (κ2) is 4.63. The van der Waals surface area contributed by atoms with E-state index in [0.717, 1.165) is 11.4 Å². The minimum atomic E-state index is 0.227. The van der Waals surface area contributed by atoms with Crippen LogP contribution in [0.3, 0.4) is 0 Å². The largest absolute Gasteiger partial charge is 0.308 e. The van der Waals surface area contributed by atoms with Gasteiger partial charge in [0.15, 0.2) is 0 Å². The number of nitrogens with one attached hydrogen (secondary N) is 1. The van der Waals surface area contributed by atoms with Gasteiger partial charge in [-0.1, -0.05) is 18.2 Å². The summed E-state index contributed by atoms with van der Waals surface area (Å²) in [6, 6.07) is 8.49. The first-order chi connectivity index (χ1) is 7.72. The summed E-state index contributed by atoms with van der Waals surface area (Å²) in [4.78, 5) is 4.48. The average molecular weight is 233 g/mol. The molecule has 0 saturated carbocycles. The Bertz CT molecular complexity index is 514. The predicted octanol–water partition coefficient (Wildman–Crippen LogP) is 2.52. The maximum absolute atomic E-state index is 5.53. The lowest BCUT2D eigenvalue weighted by molar-refractivity contribution is 0.821. The molecule has 1 heterocycles. The molecule has 0 unspecified atom stereocenters. The first-order valence-corrected chi connectivity index (χ1v) is 6.11. The van der Waals surface area contributed by atoms with Crippen LogP contribution in [0.1, 0.15) is 19.4 Å². The third kappa shape index (κ3) is 2.08. The Morgan fingerprint density at radius 2 is 2.12 bits per heavy atom. The van der Waals surface area contributed by atoms with Crippen molar-refractivity contribution in [2.24, 2.45) is 10.8 Å². The number of benzene rings is 1. The third-order valence-corrected chi connectivity index (χ3v) is 3.22. The second-order valence-electron chi connectivity index (χ2n) is 3.86. The van der Waals surface area contributed by atoms with E-state index in [4.69, 9.17) is 5.84 Å². The summed E-state index contributed by atoms with van der Waals surface area (Å²) < 4.78 is 1.25. The Morgan fingerprint density at radius 3 is 2.81 bits per heavy atom. The molecule has 0 aliphatic heterocycles. The van der Waals surface area contributed by atoms with Crippen molar-refractivity contribution < 1.29 is 0 Å². The van der Waals surface area contributed by atoms with Gasteiger partial charge in [0.05, 0.1) is 0 Å². The summed E-state index contributed by atoms with van der Waals surface area (Å²) in [5.74, 6) is 6.28. The van der Waals surface area contributed by atoms with Crippen molar-refractivity contribution in [3.8, 4) is 0 Å². The van der Waals surface area contributed by atoms with Crippen LogP contribution in [0.25, 0.3) is 10.1 Å². The smallest absolute Gasteiger partial charge is 0.144 e. The van der Waals surface area contributed by atoms with Crippen LogP contribution in [-0.2, 0) is 0 Å². The summed E-state index contributed by atoms with van der Waals surface area (Å²) in [7, 11) is 0. The van der Waals surface area contributed by atoms with Crippen LogP contribution in [0.5, 0.6) is 0 Å². The fourth-order valence-electron chi connectivity index (χ4n) is 1.60. The highest BCUT2D eigenvalue weighted by atomic mass is 32.1. The maximum Gasteiger partial charge on any atom is 0.144 e. The van der Waals surface area contributed by atoms with Gasteiger partial charge >= 0.3 is 0 Å². The van der Waals surface area contributed by atoms with E-state index in [1.54, 1.807) is 11.3 Å². The monoisotopic (exact) mass is 233 g/mol. The Hall–Kier alpha value is -1.39. The molecule has 0 aliphatic carbocycles. The molecule has 0 aliphatic rings. The number of nitrogens with two attached hydrogens (primary N) is 1. The molecule has 0 atom stereocenters. The van der Waals surface area contributed by atoms with Crippen LogP contribution in [-0.4, -0.2) is 11.9 Å². The van der Waals surface area contributed by atoms with E-state index < -0.39 is 0 Å². The molecule has 0 fully saturated rings. The van der Waals surface area contributed by atoms with Gasteiger partial charge in [-0.05, 0) is 19.9 Å². The molecule has 0 spiro atoms. The lowest BCUT2D eigenvalue weighted by Gasteiger charge is -2.06. The number of hydrogen-bond acceptors (Lipinski definition) is 3. The van der Waals surface area contributed by atoms with Crippen LogP contribution in [0.4, 0.5) is 0 Å². The average Bonchev–Trinajstić information content (AvgIpc) is 2.69. The van der Waals surface area contributed by atoms with Crippen molar-refractivity contribution in [1.29, 1.82) is 0 Å². The molecule has 2 rings (SSSR count). The van der Waals surface area contributed by atoms with Crippen molar-refractivity contribution in [3.63, 3.8) is 0 Å². The van der Waals surface area contributed by atoms with Gasteiger partial charge < -0.3 is 5.43 Å². The van der Waals surface area contributed by atoms with Crippen molar-refractivity contribution in [2.75, 3.05) is 0 Å². The first-order valence-electron chi connectivity index (χ1n) is 5.23. The van der Waals surface area contributed by atoms with Crippen molar-refractivity contribution in [3.05, 3.63) is 35.2 Å². The fourth-order valence-corrected chi connectivity index (χ4v) is 2.55. The molecule has 0 saturated heterocycles. The van der Waals surface area contributed by atoms with Crippen LogP contribution < -0.4 is 11.3 Å². The molecule has 1 aromatic heterocycles. The lowest BCUT2D eigenvalue weighted by Crippen LogP contribution is -2.31. The first kappa shape index (κ1) is 11.1. The zero-order valence-electron chi connectivity index (χ0n) is 9.40. The van der Waals surface area contributed by atoms with E-state index in [1.165, 1.54) is 10.1 Å². The van der Waals surface area contributed by atoms with Crippen LogP contribution in [0, 0.1) is 0 Å². The molecular weight excluding hydrogens is 218 g/mol. The Kier molecular flexibility index (Phi) is 3.22. The van der Waals surface area contributed by atoms with E-state index in [2.05, 4.69) is 27.9 Å². The number of fused-ring (bicyclic) bond motifs is 1. The predicted molar refractivity (Wildman–Crippen MR) is 70.8 cm³/mol. The third-order valence-electron chi connectivity index (χ3n) is 2.26. The van der Waals surface area contributed by atoms with Gasteiger partial charge in [0, 0.05) is 27.1 Å². The topological polar surface area (TPSA) is 50.4 Å². The minimum Gasteiger partial charge on any atom is -0.308 e. The normalized spacial score (nSPS) is 12.4. The van der Waals surface area contributed by atoms with E-state index in [0.29, 0.717) is 0 Å². The Labute approximate surface area is 99.0 Å². The lowest BCUT2D eigenvalue weighted by atomic mass is 10.1. The second-order valence-corrected chi connectivity index (χ2v) is 4.77. The van der Waals surface area contributed by atoms with Crippen LogP contribution in [0.2, 0.25) is 0 Å². The Morgan fingerprint density at radius 1 is 1.38 bits per heavy atom. The summed E-state index contributed by atoms with van der Waals surface area (Å²) in [5.41, 5.74) is 3.76. The summed E-state index contributed by atoms with van der Waals surface area (Å²) >= 11 is 1.71. The van der Waals surface area contributed by atoms with Gasteiger partial charge in [0.25, 0.3) is 0 Å². The van der Waals surface area contributed by atoms with Crippen molar-refractivity contribution in [1.82, 2.24) is 5.43 Å². The maximum atomic E-state index is 5.53. The SMILES string of the molecule is CC(C)N=C(NN)c1csc2ccccc12. The van der Waals surface area contributed by atoms with Gasteiger partial charge in [-0.15, -0.1) is 11.3 Å². The van der Waals surface area contributed by atoms with Gasteiger partial charge in [-0.3, -0.25) is 4.99 Å². The van der Waals surface area contributed by atoms with E-state index in [9.17, 15) is 0 Å². The number of hydrazine groups is 1. The number of rotatable bonds is 2. The number of amidine groups is 1. The molecule has 1 aromatic carbocycles. The number of thiophene rings is 1. The summed E-state index contributed by atoms with van der Waals surface area (Å²) in [6.45, 7) is 4.07. The Balaban J connectivity index is 2.54.